The molecule has 0 bridgehead atoms. The van der Waals surface area contributed by atoms with Gasteiger partial charge >= 0.3 is 11.9 Å². The van der Waals surface area contributed by atoms with Crippen LogP contribution in [-0.2, 0) is 19.1 Å². The minimum atomic E-state index is -0.203. The highest BCUT2D eigenvalue weighted by atomic mass is 16.5. The first kappa shape index (κ1) is 26.7. The highest BCUT2D eigenvalue weighted by Gasteiger charge is 2.25. The van der Waals surface area contributed by atoms with Gasteiger partial charge in [0.2, 0.25) is 0 Å². The van der Waals surface area contributed by atoms with Gasteiger partial charge in [0.25, 0.3) is 0 Å². The third-order valence-corrected chi connectivity index (χ3v) is 5.84. The van der Waals surface area contributed by atoms with E-state index in [-0.39, 0.29) is 17.9 Å². The summed E-state index contributed by atoms with van der Waals surface area (Å²) < 4.78 is 10.9. The van der Waals surface area contributed by atoms with Crippen LogP contribution in [0.2, 0.25) is 0 Å². The molecular formula is C26H46O4. The molecule has 1 aliphatic rings. The summed E-state index contributed by atoms with van der Waals surface area (Å²) in [6.07, 6.45) is 15.4. The lowest BCUT2D eigenvalue weighted by atomic mass is 9.89. The number of esters is 2. The summed E-state index contributed by atoms with van der Waals surface area (Å²) in [5, 5.41) is 0. The average molecular weight is 423 g/mol. The Morgan fingerprint density at radius 2 is 1.37 bits per heavy atom. The molecule has 4 heteroatoms. The highest BCUT2D eigenvalue weighted by molar-refractivity contribution is 5.89. The number of ether oxygens (including phenoxy) is 2. The Morgan fingerprint density at radius 1 is 0.833 bits per heavy atom. The summed E-state index contributed by atoms with van der Waals surface area (Å²) in [5.41, 5.74) is 0.726. The van der Waals surface area contributed by atoms with Crippen molar-refractivity contribution in [1.29, 1.82) is 0 Å². The van der Waals surface area contributed by atoms with Gasteiger partial charge in [-0.25, -0.2) is 4.79 Å². The lowest BCUT2D eigenvalue weighted by Gasteiger charge is -2.20. The lowest BCUT2D eigenvalue weighted by Crippen LogP contribution is -2.22. The quantitative estimate of drug-likeness (QED) is 0.198. The minimum Gasteiger partial charge on any atom is -0.465 e. The molecule has 0 aromatic rings. The second-order valence-electron chi connectivity index (χ2n) is 9.70. The number of unbranched alkanes of at least 4 members (excludes halogenated alkanes) is 6. The van der Waals surface area contributed by atoms with Gasteiger partial charge in [0.1, 0.15) is 0 Å². The molecular weight excluding hydrogens is 376 g/mol. The highest BCUT2D eigenvalue weighted by Crippen LogP contribution is 2.25. The van der Waals surface area contributed by atoms with Crippen LogP contribution in [-0.4, -0.2) is 25.2 Å². The summed E-state index contributed by atoms with van der Waals surface area (Å²) in [6.45, 7) is 10.0. The topological polar surface area (TPSA) is 52.6 Å². The van der Waals surface area contributed by atoms with Crippen LogP contribution in [0.1, 0.15) is 111 Å². The zero-order chi connectivity index (χ0) is 22.2. The van der Waals surface area contributed by atoms with E-state index in [2.05, 4.69) is 27.7 Å². The molecule has 0 spiro atoms. The van der Waals surface area contributed by atoms with Crippen molar-refractivity contribution in [2.24, 2.45) is 17.8 Å². The van der Waals surface area contributed by atoms with Crippen molar-refractivity contribution in [1.82, 2.24) is 0 Å². The molecule has 1 atom stereocenters. The number of rotatable bonds is 16. The molecule has 0 aliphatic heterocycles. The van der Waals surface area contributed by atoms with E-state index >= 15 is 0 Å². The number of carbonyl (C=O) groups excluding carboxylic acids is 2. The molecule has 1 unspecified atom stereocenters. The molecule has 0 aromatic heterocycles. The first-order chi connectivity index (χ1) is 14.4. The Morgan fingerprint density at radius 3 is 1.87 bits per heavy atom. The van der Waals surface area contributed by atoms with Gasteiger partial charge in [-0.05, 0) is 43.9 Å². The Balaban J connectivity index is 2.09. The molecule has 0 saturated heterocycles. The third-order valence-electron chi connectivity index (χ3n) is 5.84. The second-order valence-corrected chi connectivity index (χ2v) is 9.70. The van der Waals surface area contributed by atoms with Gasteiger partial charge in [-0.2, -0.15) is 0 Å². The molecule has 4 nitrogen and oxygen atoms in total. The lowest BCUT2D eigenvalue weighted by molar-refractivity contribution is -0.149. The number of allylic oxidation sites excluding steroid dienone is 1. The first-order valence-electron chi connectivity index (χ1n) is 12.4. The Kier molecular flexibility index (Phi) is 14.6. The molecule has 0 N–H and O–H groups in total. The number of carbonyl (C=O) groups is 2. The summed E-state index contributed by atoms with van der Waals surface area (Å²) in [5.74, 6) is 1.11. The van der Waals surface area contributed by atoms with Crippen molar-refractivity contribution in [3.63, 3.8) is 0 Å². The van der Waals surface area contributed by atoms with Crippen molar-refractivity contribution in [2.75, 3.05) is 13.2 Å². The van der Waals surface area contributed by atoms with E-state index in [1.54, 1.807) is 0 Å². The molecule has 0 aromatic carbocycles. The third kappa shape index (κ3) is 13.1. The van der Waals surface area contributed by atoms with Crippen LogP contribution in [0.5, 0.6) is 0 Å². The van der Waals surface area contributed by atoms with Crippen molar-refractivity contribution in [2.45, 2.75) is 111 Å². The number of hydrogen-bond acceptors (Lipinski definition) is 4. The Bertz CT molecular complexity index is 507. The van der Waals surface area contributed by atoms with Crippen LogP contribution in [0.3, 0.4) is 0 Å². The van der Waals surface area contributed by atoms with Crippen LogP contribution < -0.4 is 0 Å². The first-order valence-corrected chi connectivity index (χ1v) is 12.4. The zero-order valence-electron chi connectivity index (χ0n) is 20.0. The van der Waals surface area contributed by atoms with Gasteiger partial charge in [0, 0.05) is 5.57 Å². The van der Waals surface area contributed by atoms with Crippen molar-refractivity contribution in [3.05, 3.63) is 11.6 Å². The standard InChI is InChI=1S/C26H46O4/c1-21(2)13-9-5-7-11-19-29-25(27)23-15-17-24(18-16-23)26(28)30-20-12-8-6-10-14-22(3)4/h15,21-22,24H,5-14,16-20H2,1-4H3. The molecule has 1 rings (SSSR count). The maximum absolute atomic E-state index is 12.2. The maximum atomic E-state index is 12.2. The van der Waals surface area contributed by atoms with E-state index in [1.165, 1.54) is 38.5 Å². The summed E-state index contributed by atoms with van der Waals surface area (Å²) in [6, 6.07) is 0. The van der Waals surface area contributed by atoms with E-state index in [0.29, 0.717) is 32.5 Å². The number of hydrogen-bond donors (Lipinski definition) is 0. The summed E-state index contributed by atoms with van der Waals surface area (Å²) in [4.78, 5) is 24.4. The van der Waals surface area contributed by atoms with Crippen LogP contribution in [0.15, 0.2) is 11.6 Å². The van der Waals surface area contributed by atoms with Crippen LogP contribution in [0.4, 0.5) is 0 Å². The molecule has 0 fully saturated rings. The largest absolute Gasteiger partial charge is 0.465 e. The molecule has 0 radical (unpaired) electrons. The fourth-order valence-corrected chi connectivity index (χ4v) is 3.80. The maximum Gasteiger partial charge on any atom is 0.333 e. The predicted octanol–water partition coefficient (Wildman–Crippen LogP) is 7.01. The van der Waals surface area contributed by atoms with Crippen molar-refractivity contribution < 1.29 is 19.1 Å². The van der Waals surface area contributed by atoms with E-state index in [1.807, 2.05) is 6.08 Å². The Hall–Kier alpha value is -1.32. The van der Waals surface area contributed by atoms with E-state index in [4.69, 9.17) is 9.47 Å². The van der Waals surface area contributed by atoms with Crippen LogP contribution in [0.25, 0.3) is 0 Å². The van der Waals surface area contributed by atoms with Crippen molar-refractivity contribution >= 4 is 11.9 Å². The molecule has 1 aliphatic carbocycles. The van der Waals surface area contributed by atoms with Gasteiger partial charge < -0.3 is 9.47 Å². The van der Waals surface area contributed by atoms with Gasteiger partial charge in [-0.1, -0.05) is 85.1 Å². The van der Waals surface area contributed by atoms with E-state index in [0.717, 1.165) is 43.1 Å². The molecule has 30 heavy (non-hydrogen) atoms. The van der Waals surface area contributed by atoms with Gasteiger partial charge in [0.05, 0.1) is 19.1 Å². The summed E-state index contributed by atoms with van der Waals surface area (Å²) in [7, 11) is 0. The van der Waals surface area contributed by atoms with Gasteiger partial charge in [0.15, 0.2) is 0 Å². The van der Waals surface area contributed by atoms with Crippen LogP contribution in [0, 0.1) is 17.8 Å². The summed E-state index contributed by atoms with van der Waals surface area (Å²) >= 11 is 0. The zero-order valence-corrected chi connectivity index (χ0v) is 20.0. The average Bonchev–Trinajstić information content (AvgIpc) is 2.71. The van der Waals surface area contributed by atoms with Gasteiger partial charge in [-0.15, -0.1) is 0 Å². The molecule has 174 valence electrons. The fraction of sp³-hybridized carbons (Fsp3) is 0.846. The smallest absolute Gasteiger partial charge is 0.333 e. The molecule has 0 saturated carbocycles. The minimum absolute atomic E-state index is 0.108. The Labute approximate surface area is 185 Å². The van der Waals surface area contributed by atoms with E-state index in [9.17, 15) is 9.59 Å². The monoisotopic (exact) mass is 422 g/mol. The van der Waals surface area contributed by atoms with E-state index < -0.39 is 0 Å². The van der Waals surface area contributed by atoms with Gasteiger partial charge in [-0.3, -0.25) is 4.79 Å². The SMILES string of the molecule is CC(C)CCCCCCOC(=O)C1=CCC(C(=O)OCCCCCCC(C)C)CC1. The normalized spacial score (nSPS) is 16.6. The van der Waals surface area contributed by atoms with Crippen molar-refractivity contribution in [3.8, 4) is 0 Å². The fourth-order valence-electron chi connectivity index (χ4n) is 3.80. The molecule has 0 amide bonds. The molecule has 0 heterocycles. The van der Waals surface area contributed by atoms with Crippen LogP contribution >= 0.6 is 0 Å². The second kappa shape index (κ2) is 16.4. The predicted molar refractivity (Wildman–Crippen MR) is 123 cm³/mol.